The summed E-state index contributed by atoms with van der Waals surface area (Å²) in [6, 6.07) is 7.12. The maximum absolute atomic E-state index is 14.0. The van der Waals surface area contributed by atoms with Crippen molar-refractivity contribution in [1.82, 2.24) is 9.97 Å². The van der Waals surface area contributed by atoms with Crippen molar-refractivity contribution >= 4 is 5.82 Å². The Morgan fingerprint density at radius 3 is 2.85 bits per heavy atom. The van der Waals surface area contributed by atoms with Crippen molar-refractivity contribution in [2.24, 2.45) is 0 Å². The van der Waals surface area contributed by atoms with Gasteiger partial charge in [-0.2, -0.15) is 5.26 Å². The van der Waals surface area contributed by atoms with Gasteiger partial charge >= 0.3 is 0 Å². The van der Waals surface area contributed by atoms with Crippen LogP contribution in [0.4, 0.5) is 10.2 Å². The first-order valence-corrected chi connectivity index (χ1v) is 6.48. The van der Waals surface area contributed by atoms with E-state index in [9.17, 15) is 4.39 Å². The average Bonchev–Trinajstić information content (AvgIpc) is 2.97. The summed E-state index contributed by atoms with van der Waals surface area (Å²) in [5, 5.41) is 8.73. The van der Waals surface area contributed by atoms with Gasteiger partial charge in [0.1, 0.15) is 6.07 Å². The van der Waals surface area contributed by atoms with E-state index in [0.717, 1.165) is 19.5 Å². The van der Waals surface area contributed by atoms with Gasteiger partial charge in [-0.05, 0) is 30.2 Å². The zero-order chi connectivity index (χ0) is 13.9. The zero-order valence-electron chi connectivity index (χ0n) is 10.8. The van der Waals surface area contributed by atoms with E-state index in [2.05, 4.69) is 9.97 Å². The molecule has 1 aliphatic heterocycles. The van der Waals surface area contributed by atoms with Gasteiger partial charge in [0.15, 0.2) is 11.6 Å². The van der Waals surface area contributed by atoms with Crippen LogP contribution >= 0.6 is 0 Å². The highest BCUT2D eigenvalue weighted by molar-refractivity contribution is 5.45. The number of pyridine rings is 2. The molecule has 1 aliphatic rings. The molecule has 0 amide bonds. The van der Waals surface area contributed by atoms with Gasteiger partial charge in [-0.25, -0.2) is 9.37 Å². The zero-order valence-corrected chi connectivity index (χ0v) is 10.8. The van der Waals surface area contributed by atoms with E-state index >= 15 is 0 Å². The minimum absolute atomic E-state index is 0.246. The predicted molar refractivity (Wildman–Crippen MR) is 72.7 cm³/mol. The fraction of sp³-hybridized carbons (Fsp3) is 0.267. The maximum atomic E-state index is 14.0. The summed E-state index contributed by atoms with van der Waals surface area (Å²) in [5.41, 5.74) is 1.47. The number of halogens is 1. The Hall–Kier alpha value is -2.48. The molecule has 0 aliphatic carbocycles. The van der Waals surface area contributed by atoms with E-state index < -0.39 is 5.82 Å². The van der Waals surface area contributed by atoms with E-state index in [1.807, 2.05) is 23.1 Å². The van der Waals surface area contributed by atoms with Gasteiger partial charge < -0.3 is 4.90 Å². The second-order valence-corrected chi connectivity index (χ2v) is 4.85. The van der Waals surface area contributed by atoms with Gasteiger partial charge in [0.05, 0.1) is 5.56 Å². The van der Waals surface area contributed by atoms with Crippen LogP contribution in [0.1, 0.15) is 23.5 Å². The number of hydrogen-bond donors (Lipinski definition) is 0. The van der Waals surface area contributed by atoms with E-state index in [0.29, 0.717) is 11.7 Å². The number of nitriles is 1. The molecule has 2 aromatic heterocycles. The van der Waals surface area contributed by atoms with Crippen molar-refractivity contribution in [2.45, 2.75) is 12.3 Å². The van der Waals surface area contributed by atoms with Crippen LogP contribution in [0, 0.1) is 17.1 Å². The van der Waals surface area contributed by atoms with Crippen LogP contribution in [0.25, 0.3) is 0 Å². The largest absolute Gasteiger partial charge is 0.354 e. The molecular weight excluding hydrogens is 255 g/mol. The fourth-order valence-corrected chi connectivity index (χ4v) is 2.58. The quantitative estimate of drug-likeness (QED) is 0.839. The Balaban J connectivity index is 1.79. The third kappa shape index (κ3) is 2.32. The highest BCUT2D eigenvalue weighted by atomic mass is 19.1. The van der Waals surface area contributed by atoms with Crippen LogP contribution in [-0.2, 0) is 0 Å². The van der Waals surface area contributed by atoms with Gasteiger partial charge in [0.25, 0.3) is 0 Å². The molecule has 0 bridgehead atoms. The molecule has 100 valence electrons. The maximum Gasteiger partial charge on any atom is 0.166 e. The molecular formula is C15H13FN4. The molecule has 4 nitrogen and oxygen atoms in total. The summed E-state index contributed by atoms with van der Waals surface area (Å²) in [6.45, 7) is 1.50. The Morgan fingerprint density at radius 2 is 2.15 bits per heavy atom. The Morgan fingerprint density at radius 1 is 1.35 bits per heavy atom. The molecule has 3 rings (SSSR count). The molecule has 5 heteroatoms. The summed E-state index contributed by atoms with van der Waals surface area (Å²) >= 11 is 0. The number of anilines is 1. The van der Waals surface area contributed by atoms with Crippen LogP contribution < -0.4 is 4.90 Å². The first-order valence-electron chi connectivity index (χ1n) is 6.48. The second-order valence-electron chi connectivity index (χ2n) is 4.85. The Kier molecular flexibility index (Phi) is 3.30. The van der Waals surface area contributed by atoms with Crippen molar-refractivity contribution in [2.75, 3.05) is 18.0 Å². The molecule has 20 heavy (non-hydrogen) atoms. The lowest BCUT2D eigenvalue weighted by Crippen LogP contribution is -2.21. The highest BCUT2D eigenvalue weighted by Crippen LogP contribution is 2.30. The molecule has 0 radical (unpaired) electrons. The Bertz CT molecular complexity index is 651. The highest BCUT2D eigenvalue weighted by Gasteiger charge is 2.26. The smallest absolute Gasteiger partial charge is 0.166 e. The molecule has 0 spiro atoms. The lowest BCUT2D eigenvalue weighted by molar-refractivity contribution is 0.614. The monoisotopic (exact) mass is 268 g/mol. The van der Waals surface area contributed by atoms with Crippen molar-refractivity contribution in [3.05, 3.63) is 53.7 Å². The van der Waals surface area contributed by atoms with Crippen LogP contribution in [0.15, 0.2) is 36.8 Å². The van der Waals surface area contributed by atoms with E-state index in [1.165, 1.54) is 17.8 Å². The summed E-state index contributed by atoms with van der Waals surface area (Å²) < 4.78 is 14.0. The lowest BCUT2D eigenvalue weighted by atomic mass is 10.00. The number of nitrogens with zero attached hydrogens (tertiary/aromatic N) is 4. The summed E-state index contributed by atoms with van der Waals surface area (Å²) in [7, 11) is 0. The summed E-state index contributed by atoms with van der Waals surface area (Å²) in [4.78, 5) is 10.0. The number of hydrogen-bond acceptors (Lipinski definition) is 4. The van der Waals surface area contributed by atoms with E-state index in [-0.39, 0.29) is 5.56 Å². The van der Waals surface area contributed by atoms with Gasteiger partial charge in [-0.15, -0.1) is 0 Å². The third-order valence-electron chi connectivity index (χ3n) is 3.62. The first kappa shape index (κ1) is 12.5. The molecule has 0 saturated carbocycles. The third-order valence-corrected chi connectivity index (χ3v) is 3.62. The van der Waals surface area contributed by atoms with Gasteiger partial charge in [0.2, 0.25) is 0 Å². The van der Waals surface area contributed by atoms with Crippen molar-refractivity contribution in [3.8, 4) is 6.07 Å². The first-order chi connectivity index (χ1) is 9.78. The molecule has 3 heterocycles. The average molecular weight is 268 g/mol. The molecule has 1 atom stereocenters. The number of aromatic nitrogens is 2. The molecule has 0 N–H and O–H groups in total. The molecule has 1 saturated heterocycles. The van der Waals surface area contributed by atoms with Crippen LogP contribution in [0.2, 0.25) is 0 Å². The van der Waals surface area contributed by atoms with Crippen LogP contribution in [0.3, 0.4) is 0 Å². The SMILES string of the molecule is N#Cc1cnc(N2CCC(c3ccncc3)C2)c(F)c1. The molecule has 2 aromatic rings. The van der Waals surface area contributed by atoms with E-state index in [1.54, 1.807) is 12.4 Å². The van der Waals surface area contributed by atoms with Crippen molar-refractivity contribution in [1.29, 1.82) is 5.26 Å². The summed E-state index contributed by atoms with van der Waals surface area (Å²) in [6.07, 6.45) is 5.93. The van der Waals surface area contributed by atoms with E-state index in [4.69, 9.17) is 5.26 Å². The van der Waals surface area contributed by atoms with Gasteiger partial charge in [-0.1, -0.05) is 0 Å². The molecule has 0 aromatic carbocycles. The normalized spacial score (nSPS) is 18.0. The van der Waals surface area contributed by atoms with Crippen molar-refractivity contribution in [3.63, 3.8) is 0 Å². The standard InChI is InChI=1S/C15H13FN4/c16-14-7-11(8-17)9-19-15(14)20-6-3-13(10-20)12-1-4-18-5-2-12/h1-2,4-5,7,9,13H,3,6,10H2. The Labute approximate surface area is 116 Å². The topological polar surface area (TPSA) is 52.8 Å². The summed E-state index contributed by atoms with van der Waals surface area (Å²) in [5.74, 6) is 0.273. The predicted octanol–water partition coefficient (Wildman–Crippen LogP) is 2.48. The second kappa shape index (κ2) is 5.25. The minimum atomic E-state index is -0.431. The van der Waals surface area contributed by atoms with Crippen LogP contribution in [-0.4, -0.2) is 23.1 Å². The van der Waals surface area contributed by atoms with Gasteiger partial charge in [-0.3, -0.25) is 4.98 Å². The fourth-order valence-electron chi connectivity index (χ4n) is 2.58. The van der Waals surface area contributed by atoms with Crippen molar-refractivity contribution < 1.29 is 4.39 Å². The van der Waals surface area contributed by atoms with Crippen LogP contribution in [0.5, 0.6) is 0 Å². The lowest BCUT2D eigenvalue weighted by Gasteiger charge is -2.18. The van der Waals surface area contributed by atoms with Gasteiger partial charge in [0, 0.05) is 37.6 Å². The molecule has 1 unspecified atom stereocenters. The minimum Gasteiger partial charge on any atom is -0.354 e. The molecule has 1 fully saturated rings. The number of rotatable bonds is 2.